The number of anilines is 4. The first-order valence-corrected chi connectivity index (χ1v) is 17.7. The number of aryl methyl sites for hydroxylation is 1. The Hall–Kier alpha value is -6.46. The second kappa shape index (κ2) is 12.6. The number of hydrogen-bond donors (Lipinski definition) is 6. The van der Waals surface area contributed by atoms with E-state index in [2.05, 4.69) is 36.6 Å². The van der Waals surface area contributed by atoms with Gasteiger partial charge in [0.15, 0.2) is 0 Å². The van der Waals surface area contributed by atoms with Gasteiger partial charge in [-0.05, 0) is 80.7 Å². The largest absolute Gasteiger partial charge is 0.384 e. The second-order valence-electron chi connectivity index (χ2n) is 14.6. The second-order valence-corrected chi connectivity index (χ2v) is 14.6. The van der Waals surface area contributed by atoms with Gasteiger partial charge in [0.1, 0.15) is 41.0 Å². The molecule has 18 nitrogen and oxygen atoms in total. The zero-order chi connectivity index (χ0) is 38.1. The summed E-state index contributed by atoms with van der Waals surface area (Å²) >= 11 is 0. The number of benzene rings is 1. The van der Waals surface area contributed by atoms with Crippen molar-refractivity contribution in [2.75, 3.05) is 22.9 Å². The Morgan fingerprint density at radius 3 is 2.48 bits per heavy atom. The van der Waals surface area contributed by atoms with Gasteiger partial charge < -0.3 is 27.0 Å². The topological polar surface area (TPSA) is 257 Å². The zero-order valence-corrected chi connectivity index (χ0v) is 29.1. The molecule has 1 aromatic carbocycles. The van der Waals surface area contributed by atoms with Crippen LogP contribution in [0.5, 0.6) is 0 Å². The van der Waals surface area contributed by atoms with Crippen LogP contribution >= 0.6 is 0 Å². The Morgan fingerprint density at radius 2 is 1.74 bits per heavy atom. The minimum atomic E-state index is -1.10. The quantitative estimate of drug-likeness (QED) is 0.176. The maximum atomic E-state index is 13.8. The maximum absolute atomic E-state index is 13.8. The molecule has 2 unspecified atom stereocenters. The molecule has 3 aliphatic heterocycles. The summed E-state index contributed by atoms with van der Waals surface area (Å²) in [5.41, 5.74) is 5.77. The fourth-order valence-electron chi connectivity index (χ4n) is 8.40. The van der Waals surface area contributed by atoms with Gasteiger partial charge in [0.05, 0.1) is 11.1 Å². The summed E-state index contributed by atoms with van der Waals surface area (Å²) in [5.74, 6) is -3.12. The number of carbonyl (C=O) groups excluding carboxylic acids is 7. The van der Waals surface area contributed by atoms with Crippen LogP contribution < -0.4 is 37.9 Å². The number of rotatable bonds is 8. The van der Waals surface area contributed by atoms with Gasteiger partial charge in [0.2, 0.25) is 23.6 Å². The number of piperidine rings is 1. The molecule has 3 fully saturated rings. The number of aromatic nitrogens is 3. The molecule has 7 N–H and O–H groups in total. The number of fused-ring (bicyclic) bond motifs is 3. The number of nitrogens with zero attached hydrogens (tertiary/aromatic N) is 4. The van der Waals surface area contributed by atoms with Crippen LogP contribution in [0.25, 0.3) is 0 Å². The van der Waals surface area contributed by atoms with Crippen molar-refractivity contribution >= 4 is 64.4 Å². The van der Waals surface area contributed by atoms with Gasteiger partial charge in [-0.3, -0.25) is 53.1 Å². The van der Waals surface area contributed by atoms with Gasteiger partial charge in [-0.15, -0.1) is 0 Å². The first kappa shape index (κ1) is 34.6. The van der Waals surface area contributed by atoms with Gasteiger partial charge >= 0.3 is 0 Å². The van der Waals surface area contributed by atoms with E-state index in [0.29, 0.717) is 49.2 Å². The van der Waals surface area contributed by atoms with E-state index in [9.17, 15) is 38.4 Å². The highest BCUT2D eigenvalue weighted by Crippen LogP contribution is 2.63. The van der Waals surface area contributed by atoms with Crippen molar-refractivity contribution in [3.63, 3.8) is 0 Å². The highest BCUT2D eigenvalue weighted by Gasteiger charge is 2.62. The molecule has 2 saturated carbocycles. The van der Waals surface area contributed by atoms with Crippen molar-refractivity contribution in [2.24, 2.45) is 11.3 Å². The molecule has 8 rings (SSSR count). The number of imide groups is 2. The van der Waals surface area contributed by atoms with Crippen LogP contribution in [-0.2, 0) is 24.8 Å². The van der Waals surface area contributed by atoms with Crippen LogP contribution in [0.1, 0.15) is 88.1 Å². The lowest BCUT2D eigenvalue weighted by atomic mass is 9.78. The summed E-state index contributed by atoms with van der Waals surface area (Å²) in [7, 11) is 0. The highest BCUT2D eigenvalue weighted by molar-refractivity contribution is 6.24. The molecule has 2 aromatic heterocycles. The number of carbonyl (C=O) groups is 7. The number of nitrogen functional groups attached to an aromatic ring is 1. The van der Waals surface area contributed by atoms with Gasteiger partial charge in [-0.2, -0.15) is 0 Å². The van der Waals surface area contributed by atoms with Gasteiger partial charge in [0, 0.05) is 37.1 Å². The average molecular weight is 737 g/mol. The molecule has 0 bridgehead atoms. The van der Waals surface area contributed by atoms with E-state index in [0.717, 1.165) is 4.90 Å². The summed E-state index contributed by atoms with van der Waals surface area (Å²) in [6.45, 7) is 1.84. The van der Waals surface area contributed by atoms with Gasteiger partial charge in [-0.1, -0.05) is 0 Å². The molecule has 5 aliphatic rings. The zero-order valence-electron chi connectivity index (χ0n) is 29.1. The minimum Gasteiger partial charge on any atom is -0.384 e. The molecule has 2 spiro atoms. The van der Waals surface area contributed by atoms with Gasteiger partial charge in [0.25, 0.3) is 23.3 Å². The third-order valence-electron chi connectivity index (χ3n) is 11.3. The molecule has 3 aromatic rings. The number of nitrogens with two attached hydrogens (primary N) is 1. The monoisotopic (exact) mass is 736 g/mol. The van der Waals surface area contributed by atoms with E-state index in [-0.39, 0.29) is 82.8 Å². The Morgan fingerprint density at radius 1 is 0.981 bits per heavy atom. The summed E-state index contributed by atoms with van der Waals surface area (Å²) in [5, 5.41) is 13.8. The normalized spacial score (nSPS) is 25.3. The Kier molecular flexibility index (Phi) is 8.07. The first-order chi connectivity index (χ1) is 25.8. The lowest BCUT2D eigenvalue weighted by Gasteiger charge is -2.39. The lowest BCUT2D eigenvalue weighted by Crippen LogP contribution is -2.54. The molecule has 278 valence electrons. The smallest absolute Gasteiger partial charge is 0.276 e. The van der Waals surface area contributed by atoms with E-state index in [1.807, 2.05) is 0 Å². The lowest BCUT2D eigenvalue weighted by molar-refractivity contribution is -0.136. The van der Waals surface area contributed by atoms with E-state index < -0.39 is 41.2 Å². The molecule has 1 saturated heterocycles. The summed E-state index contributed by atoms with van der Waals surface area (Å²) < 4.78 is 1.55. The van der Waals surface area contributed by atoms with Crippen molar-refractivity contribution in [2.45, 2.75) is 70.0 Å². The summed E-state index contributed by atoms with van der Waals surface area (Å²) in [4.78, 5) is 112. The van der Waals surface area contributed by atoms with E-state index >= 15 is 0 Å². The molecule has 2 aliphatic carbocycles. The third kappa shape index (κ3) is 5.73. The SMILES string of the molecule is Cc1cc(Nc2cc(N)ncn2)c(=O)n2c1C(=O)NC21CCC2(CC1)CC2C(=O)NCCC(=O)Nc1ccc2c(c1)C(=O)N(C1CCC(=O)NC1=O)C2=O. The highest BCUT2D eigenvalue weighted by atomic mass is 16.2. The van der Waals surface area contributed by atoms with Crippen molar-refractivity contribution in [3.8, 4) is 0 Å². The van der Waals surface area contributed by atoms with E-state index in [1.165, 1.54) is 30.6 Å². The van der Waals surface area contributed by atoms with E-state index in [4.69, 9.17) is 5.73 Å². The predicted octanol–water partition coefficient (Wildman–Crippen LogP) is 0.795. The molecule has 54 heavy (non-hydrogen) atoms. The summed E-state index contributed by atoms with van der Waals surface area (Å²) in [6.07, 6.45) is 4.06. The fourth-order valence-corrected chi connectivity index (χ4v) is 8.40. The van der Waals surface area contributed by atoms with E-state index in [1.54, 1.807) is 17.6 Å². The molecule has 18 heteroatoms. The molecule has 0 radical (unpaired) electrons. The van der Waals surface area contributed by atoms with Crippen LogP contribution in [0.2, 0.25) is 0 Å². The first-order valence-electron chi connectivity index (χ1n) is 17.7. The van der Waals surface area contributed by atoms with Crippen LogP contribution in [0, 0.1) is 18.3 Å². The number of nitrogens with one attached hydrogen (secondary N) is 5. The van der Waals surface area contributed by atoms with Crippen molar-refractivity contribution in [1.29, 1.82) is 0 Å². The van der Waals surface area contributed by atoms with Crippen molar-refractivity contribution < 1.29 is 33.6 Å². The predicted molar refractivity (Wildman–Crippen MR) is 189 cm³/mol. The van der Waals surface area contributed by atoms with Crippen LogP contribution in [0.15, 0.2) is 41.5 Å². The van der Waals surface area contributed by atoms with Crippen molar-refractivity contribution in [3.05, 3.63) is 69.4 Å². The third-order valence-corrected chi connectivity index (χ3v) is 11.3. The Labute approximate surface area is 306 Å². The number of hydrogen-bond acceptors (Lipinski definition) is 12. The van der Waals surface area contributed by atoms with Gasteiger partial charge in [-0.25, -0.2) is 9.97 Å². The van der Waals surface area contributed by atoms with Crippen LogP contribution in [0.4, 0.5) is 23.0 Å². The standard InChI is InChI=1S/C36H36N10O8/c1-17-12-22(42-25-14-24(37)39-16-40-25)34(54)46-28(17)31(51)44-36(46)9-7-35(8-10-36)15-21(35)29(49)38-11-6-27(48)41-18-2-3-19-20(13-18)33(53)45(32(19)52)23-4-5-26(47)43-30(23)50/h2-3,12-14,16,21,23H,4-11,15H2,1H3,(H,38,49)(H,41,48)(H,44,51)(H,43,47,50)(H3,37,39,40,42). The number of amides is 7. The minimum absolute atomic E-state index is 0.00368. The van der Waals surface area contributed by atoms with Crippen molar-refractivity contribution in [1.82, 2.24) is 35.4 Å². The summed E-state index contributed by atoms with van der Waals surface area (Å²) in [6, 6.07) is 6.27. The van der Waals surface area contributed by atoms with Crippen LogP contribution in [0.3, 0.4) is 0 Å². The molecular weight excluding hydrogens is 700 g/mol. The number of pyridine rings is 1. The molecule has 5 heterocycles. The Bertz CT molecular complexity index is 2280. The molecule has 7 amide bonds. The maximum Gasteiger partial charge on any atom is 0.276 e. The average Bonchev–Trinajstić information content (AvgIpc) is 3.68. The van der Waals surface area contributed by atoms with Crippen LogP contribution in [-0.4, -0.2) is 73.4 Å². The Balaban J connectivity index is 0.852. The fraction of sp³-hybridized carbons (Fsp3) is 0.389. The molecular formula is C36H36N10O8. The molecule has 2 atom stereocenters.